The minimum atomic E-state index is -0.161. The lowest BCUT2D eigenvalue weighted by Gasteiger charge is -2.16. The number of esters is 1. The van der Waals surface area contributed by atoms with Gasteiger partial charge in [0.15, 0.2) is 0 Å². The normalized spacial score (nSPS) is 22.6. The maximum absolute atomic E-state index is 12.2. The zero-order valence-electron chi connectivity index (χ0n) is 13.0. The zero-order valence-corrected chi connectivity index (χ0v) is 13.0. The smallest absolute Gasteiger partial charge is 0.305 e. The van der Waals surface area contributed by atoms with Crippen molar-refractivity contribution in [3.8, 4) is 0 Å². The molecule has 0 aromatic carbocycles. The Hall–Kier alpha value is -0.860. The number of hydrogen-bond donors (Lipinski definition) is 0. The maximum Gasteiger partial charge on any atom is 0.305 e. The molecule has 0 N–H and O–H groups in total. The van der Waals surface area contributed by atoms with Gasteiger partial charge in [0, 0.05) is 18.8 Å². The van der Waals surface area contributed by atoms with E-state index in [1.54, 1.807) is 0 Å². The van der Waals surface area contributed by atoms with E-state index in [1.807, 2.05) is 6.92 Å². The van der Waals surface area contributed by atoms with Gasteiger partial charge in [-0.1, -0.05) is 44.9 Å². The largest absolute Gasteiger partial charge is 0.466 e. The molecule has 1 aliphatic rings. The summed E-state index contributed by atoms with van der Waals surface area (Å²) in [5, 5.41) is 0. The molecule has 0 heterocycles. The quantitative estimate of drug-likeness (QED) is 0.716. The van der Waals surface area contributed by atoms with Crippen molar-refractivity contribution in [2.24, 2.45) is 5.92 Å². The Balaban J connectivity index is 2.40. The molecule has 3 heteroatoms. The van der Waals surface area contributed by atoms with Gasteiger partial charge in [0.25, 0.3) is 0 Å². The SMILES string of the molecule is CCOC(=O)CCC1CCCCCCCCCCC1=O. The molecule has 0 aliphatic heterocycles. The first-order valence-corrected chi connectivity index (χ1v) is 8.42. The Bertz CT molecular complexity index is 286. The van der Waals surface area contributed by atoms with Gasteiger partial charge in [-0.3, -0.25) is 9.59 Å². The molecule has 0 amide bonds. The molecule has 0 saturated heterocycles. The topological polar surface area (TPSA) is 43.4 Å². The number of carbonyl (C=O) groups is 2. The van der Waals surface area contributed by atoms with Crippen molar-refractivity contribution in [3.63, 3.8) is 0 Å². The predicted molar refractivity (Wildman–Crippen MR) is 80.5 cm³/mol. The lowest BCUT2D eigenvalue weighted by atomic mass is 9.88. The number of ketones is 1. The second kappa shape index (κ2) is 10.9. The summed E-state index contributed by atoms with van der Waals surface area (Å²) < 4.78 is 4.96. The summed E-state index contributed by atoms with van der Waals surface area (Å²) in [6, 6.07) is 0. The summed E-state index contributed by atoms with van der Waals surface area (Å²) >= 11 is 0. The molecule has 1 fully saturated rings. The zero-order chi connectivity index (χ0) is 14.6. The van der Waals surface area contributed by atoms with E-state index in [9.17, 15) is 9.59 Å². The predicted octanol–water partition coefficient (Wildman–Crippen LogP) is 4.43. The van der Waals surface area contributed by atoms with Gasteiger partial charge in [-0.15, -0.1) is 0 Å². The Morgan fingerprint density at radius 3 is 2.30 bits per heavy atom. The van der Waals surface area contributed by atoms with Crippen LogP contribution in [0.3, 0.4) is 0 Å². The maximum atomic E-state index is 12.2. The average molecular weight is 282 g/mol. The fourth-order valence-electron chi connectivity index (χ4n) is 2.95. The highest BCUT2D eigenvalue weighted by molar-refractivity contribution is 5.81. The van der Waals surface area contributed by atoms with Crippen molar-refractivity contribution in [2.75, 3.05) is 6.61 Å². The number of hydrogen-bond acceptors (Lipinski definition) is 3. The van der Waals surface area contributed by atoms with Gasteiger partial charge in [-0.25, -0.2) is 0 Å². The fourth-order valence-corrected chi connectivity index (χ4v) is 2.95. The van der Waals surface area contributed by atoms with Gasteiger partial charge < -0.3 is 4.74 Å². The highest BCUT2D eigenvalue weighted by Crippen LogP contribution is 2.22. The lowest BCUT2D eigenvalue weighted by molar-refractivity contribution is -0.143. The van der Waals surface area contributed by atoms with Crippen LogP contribution in [0.25, 0.3) is 0 Å². The van der Waals surface area contributed by atoms with Crippen LogP contribution in [0.15, 0.2) is 0 Å². The fraction of sp³-hybridized carbons (Fsp3) is 0.882. The van der Waals surface area contributed by atoms with Crippen LogP contribution in [-0.2, 0) is 14.3 Å². The average Bonchev–Trinajstić information content (AvgIpc) is 2.42. The molecular formula is C17H30O3. The van der Waals surface area contributed by atoms with E-state index in [1.165, 1.54) is 38.5 Å². The third-order valence-corrected chi connectivity index (χ3v) is 4.18. The Kier molecular flexibility index (Phi) is 9.35. The summed E-state index contributed by atoms with van der Waals surface area (Å²) in [5.41, 5.74) is 0. The molecule has 0 aromatic rings. The molecular weight excluding hydrogens is 252 g/mol. The van der Waals surface area contributed by atoms with Gasteiger partial charge in [0.05, 0.1) is 6.61 Å². The summed E-state index contributed by atoms with van der Waals surface area (Å²) in [4.78, 5) is 23.7. The minimum absolute atomic E-state index is 0.0823. The number of rotatable bonds is 4. The van der Waals surface area contributed by atoms with Crippen LogP contribution in [0.5, 0.6) is 0 Å². The molecule has 0 radical (unpaired) electrons. The first kappa shape index (κ1) is 17.2. The van der Waals surface area contributed by atoms with Gasteiger partial charge >= 0.3 is 5.97 Å². The molecule has 1 aliphatic carbocycles. The summed E-state index contributed by atoms with van der Waals surface area (Å²) in [6.07, 6.45) is 12.5. The molecule has 116 valence electrons. The van der Waals surface area contributed by atoms with Crippen LogP contribution in [0, 0.1) is 5.92 Å². The Labute approximate surface area is 123 Å². The standard InChI is InChI=1S/C17H30O3/c1-2-20-17(19)14-13-15-11-9-7-5-3-4-6-8-10-12-16(15)18/h15H,2-14H2,1H3. The molecule has 1 atom stereocenters. The molecule has 1 unspecified atom stereocenters. The van der Waals surface area contributed by atoms with Crippen LogP contribution in [-0.4, -0.2) is 18.4 Å². The first-order chi connectivity index (χ1) is 9.74. The van der Waals surface area contributed by atoms with Crippen LogP contribution in [0.4, 0.5) is 0 Å². The van der Waals surface area contributed by atoms with Gasteiger partial charge in [0.1, 0.15) is 5.78 Å². The first-order valence-electron chi connectivity index (χ1n) is 8.42. The van der Waals surface area contributed by atoms with E-state index in [-0.39, 0.29) is 11.9 Å². The van der Waals surface area contributed by atoms with Crippen molar-refractivity contribution in [1.82, 2.24) is 0 Å². The molecule has 0 spiro atoms. The number of ether oxygens (including phenoxy) is 1. The van der Waals surface area contributed by atoms with Gasteiger partial charge in [0.2, 0.25) is 0 Å². The Morgan fingerprint density at radius 2 is 1.65 bits per heavy atom. The summed E-state index contributed by atoms with van der Waals surface area (Å²) in [6.45, 7) is 2.25. The third-order valence-electron chi connectivity index (χ3n) is 4.18. The molecule has 3 nitrogen and oxygen atoms in total. The molecule has 20 heavy (non-hydrogen) atoms. The molecule has 1 saturated carbocycles. The Morgan fingerprint density at radius 1 is 1.05 bits per heavy atom. The van der Waals surface area contributed by atoms with E-state index >= 15 is 0 Å². The van der Waals surface area contributed by atoms with Gasteiger partial charge in [-0.2, -0.15) is 0 Å². The monoisotopic (exact) mass is 282 g/mol. The van der Waals surface area contributed by atoms with Crippen LogP contribution >= 0.6 is 0 Å². The van der Waals surface area contributed by atoms with E-state index in [0.29, 0.717) is 31.7 Å². The highest BCUT2D eigenvalue weighted by atomic mass is 16.5. The van der Waals surface area contributed by atoms with E-state index in [0.717, 1.165) is 19.3 Å². The van der Waals surface area contributed by atoms with E-state index in [4.69, 9.17) is 4.74 Å². The van der Waals surface area contributed by atoms with Crippen molar-refractivity contribution in [3.05, 3.63) is 0 Å². The van der Waals surface area contributed by atoms with E-state index in [2.05, 4.69) is 0 Å². The molecule has 0 bridgehead atoms. The third kappa shape index (κ3) is 7.66. The van der Waals surface area contributed by atoms with Crippen molar-refractivity contribution >= 4 is 11.8 Å². The second-order valence-corrected chi connectivity index (χ2v) is 5.87. The van der Waals surface area contributed by atoms with Crippen LogP contribution in [0.1, 0.15) is 84.0 Å². The van der Waals surface area contributed by atoms with Crippen LogP contribution < -0.4 is 0 Å². The summed E-state index contributed by atoms with van der Waals surface area (Å²) in [7, 11) is 0. The van der Waals surface area contributed by atoms with Crippen molar-refractivity contribution < 1.29 is 14.3 Å². The van der Waals surface area contributed by atoms with Crippen molar-refractivity contribution in [1.29, 1.82) is 0 Å². The lowest BCUT2D eigenvalue weighted by Crippen LogP contribution is -2.17. The minimum Gasteiger partial charge on any atom is -0.466 e. The molecule has 1 rings (SSSR count). The van der Waals surface area contributed by atoms with E-state index < -0.39 is 0 Å². The van der Waals surface area contributed by atoms with Gasteiger partial charge in [-0.05, 0) is 26.2 Å². The molecule has 0 aromatic heterocycles. The second-order valence-electron chi connectivity index (χ2n) is 5.87. The van der Waals surface area contributed by atoms with Crippen molar-refractivity contribution in [2.45, 2.75) is 84.0 Å². The number of carbonyl (C=O) groups excluding carboxylic acids is 2. The summed E-state index contributed by atoms with van der Waals surface area (Å²) in [5.74, 6) is 0.292. The van der Waals surface area contributed by atoms with Crippen LogP contribution in [0.2, 0.25) is 0 Å². The number of Topliss-reactive ketones (excluding diaryl/α,β-unsaturated/α-hetero) is 1. The highest BCUT2D eigenvalue weighted by Gasteiger charge is 2.19.